The predicted molar refractivity (Wildman–Crippen MR) is 183 cm³/mol. The predicted octanol–water partition coefficient (Wildman–Crippen LogP) is 12.0. The van der Waals surface area contributed by atoms with Crippen LogP contribution in [0.4, 0.5) is 0 Å². The number of fused-ring (bicyclic) bond motifs is 6. The van der Waals surface area contributed by atoms with Crippen LogP contribution in [0.3, 0.4) is 0 Å². The van der Waals surface area contributed by atoms with Crippen LogP contribution < -0.4 is 0 Å². The molecule has 0 aliphatic rings. The Bertz CT molecular complexity index is 2430. The van der Waals surface area contributed by atoms with Crippen LogP contribution in [-0.4, -0.2) is 0 Å². The largest absolute Gasteiger partial charge is 0.455 e. The van der Waals surface area contributed by atoms with Gasteiger partial charge in [0.1, 0.15) is 11.2 Å². The van der Waals surface area contributed by atoms with Crippen molar-refractivity contribution in [2.75, 3.05) is 0 Å². The Balaban J connectivity index is 1.45. The van der Waals surface area contributed by atoms with Gasteiger partial charge in [-0.05, 0) is 84.4 Å². The van der Waals surface area contributed by atoms with Crippen LogP contribution in [0.2, 0.25) is 0 Å². The van der Waals surface area contributed by atoms with E-state index >= 15 is 0 Å². The quantitative estimate of drug-likeness (QED) is 0.201. The highest BCUT2D eigenvalue weighted by Crippen LogP contribution is 2.46. The average molecular weight is 547 g/mol. The first-order valence-electron chi connectivity index (χ1n) is 14.8. The fourth-order valence-electron chi connectivity index (χ4n) is 6.89. The van der Waals surface area contributed by atoms with Gasteiger partial charge >= 0.3 is 0 Å². The topological polar surface area (TPSA) is 13.1 Å². The molecule has 0 aliphatic heterocycles. The summed E-state index contributed by atoms with van der Waals surface area (Å²) < 4.78 is 6.69. The summed E-state index contributed by atoms with van der Waals surface area (Å²) in [5.41, 5.74) is 9.04. The summed E-state index contributed by atoms with van der Waals surface area (Å²) in [6.45, 7) is 0. The van der Waals surface area contributed by atoms with Crippen LogP contribution >= 0.6 is 0 Å². The van der Waals surface area contributed by atoms with Gasteiger partial charge in [0.25, 0.3) is 0 Å². The lowest BCUT2D eigenvalue weighted by atomic mass is 9.85. The smallest absolute Gasteiger partial charge is 0.143 e. The molecule has 9 aromatic rings. The maximum atomic E-state index is 6.69. The number of rotatable bonds is 3. The molecule has 9 rings (SSSR count). The highest BCUT2D eigenvalue weighted by Gasteiger charge is 2.20. The van der Waals surface area contributed by atoms with Crippen molar-refractivity contribution in [3.8, 4) is 33.4 Å². The number of benzene rings is 8. The molecule has 0 N–H and O–H groups in total. The first-order chi connectivity index (χ1) is 21.3. The molecule has 8 aromatic carbocycles. The lowest BCUT2D eigenvalue weighted by Gasteiger charge is -2.18. The van der Waals surface area contributed by atoms with Crippen LogP contribution in [0.15, 0.2) is 162 Å². The first kappa shape index (κ1) is 24.0. The Kier molecular flexibility index (Phi) is 5.27. The third-order valence-corrected chi connectivity index (χ3v) is 8.81. The maximum Gasteiger partial charge on any atom is 0.143 e. The van der Waals surface area contributed by atoms with Crippen molar-refractivity contribution in [1.82, 2.24) is 0 Å². The molecule has 1 heterocycles. The van der Waals surface area contributed by atoms with E-state index in [0.717, 1.165) is 33.1 Å². The highest BCUT2D eigenvalue weighted by molar-refractivity contribution is 6.23. The molecule has 0 spiro atoms. The Labute approximate surface area is 249 Å². The minimum absolute atomic E-state index is 0.914. The molecule has 0 bridgehead atoms. The molecule has 200 valence electrons. The van der Waals surface area contributed by atoms with Crippen molar-refractivity contribution in [3.05, 3.63) is 158 Å². The van der Waals surface area contributed by atoms with E-state index in [4.69, 9.17) is 4.42 Å². The molecule has 1 nitrogen and oxygen atoms in total. The van der Waals surface area contributed by atoms with Crippen molar-refractivity contribution in [3.63, 3.8) is 0 Å². The third kappa shape index (κ3) is 3.72. The van der Waals surface area contributed by atoms with Gasteiger partial charge in [0.05, 0.1) is 0 Å². The van der Waals surface area contributed by atoms with Crippen LogP contribution in [0.1, 0.15) is 0 Å². The van der Waals surface area contributed by atoms with Gasteiger partial charge in [-0.2, -0.15) is 0 Å². The Morgan fingerprint density at radius 2 is 0.814 bits per heavy atom. The van der Waals surface area contributed by atoms with Gasteiger partial charge < -0.3 is 4.42 Å². The summed E-state index contributed by atoms with van der Waals surface area (Å²) in [5, 5.41) is 9.68. The maximum absolute atomic E-state index is 6.69. The number of hydrogen-bond donors (Lipinski definition) is 0. The standard InChI is InChI=1S/C42H26O/c1-3-13-27(14-4-1)36-24-31(25-38-37-23-29-17-7-8-18-30(29)26-39(37)43-42(36)38)41-34-21-11-9-19-32(34)40(28-15-5-2-6-16-28)33-20-10-12-22-35(33)41/h1-26H. The fraction of sp³-hybridized carbons (Fsp3) is 0. The summed E-state index contributed by atoms with van der Waals surface area (Å²) in [5.74, 6) is 0. The summed E-state index contributed by atoms with van der Waals surface area (Å²) in [6, 6.07) is 56.8. The van der Waals surface area contributed by atoms with E-state index in [1.165, 1.54) is 54.6 Å². The Morgan fingerprint density at radius 1 is 0.326 bits per heavy atom. The molecule has 0 unspecified atom stereocenters. The van der Waals surface area contributed by atoms with E-state index in [9.17, 15) is 0 Å². The summed E-state index contributed by atoms with van der Waals surface area (Å²) >= 11 is 0. The molecule has 0 saturated carbocycles. The van der Waals surface area contributed by atoms with Gasteiger partial charge in [-0.3, -0.25) is 0 Å². The fourth-order valence-corrected chi connectivity index (χ4v) is 6.89. The molecule has 0 fully saturated rings. The summed E-state index contributed by atoms with van der Waals surface area (Å²) in [6.07, 6.45) is 0. The molecule has 43 heavy (non-hydrogen) atoms. The van der Waals surface area contributed by atoms with Gasteiger partial charge in [0.15, 0.2) is 0 Å². The van der Waals surface area contributed by atoms with E-state index in [1.807, 2.05) is 0 Å². The van der Waals surface area contributed by atoms with Crippen molar-refractivity contribution in [1.29, 1.82) is 0 Å². The van der Waals surface area contributed by atoms with Crippen molar-refractivity contribution in [2.24, 2.45) is 0 Å². The second-order valence-corrected chi connectivity index (χ2v) is 11.3. The molecule has 1 aromatic heterocycles. The minimum Gasteiger partial charge on any atom is -0.455 e. The number of hydrogen-bond acceptors (Lipinski definition) is 1. The molecule has 0 radical (unpaired) electrons. The van der Waals surface area contributed by atoms with Crippen LogP contribution in [0.5, 0.6) is 0 Å². The normalized spacial score (nSPS) is 11.7. The Hall–Kier alpha value is -5.66. The van der Waals surface area contributed by atoms with Crippen LogP contribution in [-0.2, 0) is 0 Å². The monoisotopic (exact) mass is 546 g/mol. The van der Waals surface area contributed by atoms with Gasteiger partial charge in [-0.1, -0.05) is 133 Å². The third-order valence-electron chi connectivity index (χ3n) is 8.81. The second kappa shape index (κ2) is 9.44. The van der Waals surface area contributed by atoms with E-state index in [0.29, 0.717) is 0 Å². The zero-order valence-electron chi connectivity index (χ0n) is 23.4. The minimum atomic E-state index is 0.914. The first-order valence-corrected chi connectivity index (χ1v) is 14.8. The molecule has 0 amide bonds. The van der Waals surface area contributed by atoms with Crippen LogP contribution in [0.25, 0.3) is 87.6 Å². The van der Waals surface area contributed by atoms with Gasteiger partial charge in [-0.25, -0.2) is 0 Å². The molecule has 0 aliphatic carbocycles. The SMILES string of the molecule is c1ccc(-c2c3ccccc3c(-c3cc(-c4ccccc4)c4oc5cc6ccccc6cc5c4c3)c3ccccc23)cc1. The van der Waals surface area contributed by atoms with Gasteiger partial charge in [0, 0.05) is 16.3 Å². The molecule has 0 saturated heterocycles. The Morgan fingerprint density at radius 3 is 1.42 bits per heavy atom. The lowest BCUT2D eigenvalue weighted by Crippen LogP contribution is -1.91. The van der Waals surface area contributed by atoms with Crippen molar-refractivity contribution >= 4 is 54.3 Å². The van der Waals surface area contributed by atoms with E-state index < -0.39 is 0 Å². The zero-order valence-corrected chi connectivity index (χ0v) is 23.4. The molecule has 1 heteroatoms. The van der Waals surface area contributed by atoms with Gasteiger partial charge in [-0.15, -0.1) is 0 Å². The van der Waals surface area contributed by atoms with Gasteiger partial charge in [0.2, 0.25) is 0 Å². The van der Waals surface area contributed by atoms with Crippen molar-refractivity contribution in [2.45, 2.75) is 0 Å². The average Bonchev–Trinajstić information content (AvgIpc) is 3.43. The van der Waals surface area contributed by atoms with E-state index in [1.54, 1.807) is 0 Å². The molecular weight excluding hydrogens is 520 g/mol. The summed E-state index contributed by atoms with van der Waals surface area (Å²) in [4.78, 5) is 0. The zero-order chi connectivity index (χ0) is 28.3. The van der Waals surface area contributed by atoms with Crippen LogP contribution in [0, 0.1) is 0 Å². The highest BCUT2D eigenvalue weighted by atomic mass is 16.3. The molecular formula is C42H26O. The second-order valence-electron chi connectivity index (χ2n) is 11.3. The molecule has 0 atom stereocenters. The van der Waals surface area contributed by atoms with Crippen molar-refractivity contribution < 1.29 is 4.42 Å². The lowest BCUT2D eigenvalue weighted by molar-refractivity contribution is 0.670. The van der Waals surface area contributed by atoms with E-state index in [-0.39, 0.29) is 0 Å². The number of furan rings is 1. The summed E-state index contributed by atoms with van der Waals surface area (Å²) in [7, 11) is 0. The van der Waals surface area contributed by atoms with E-state index in [2.05, 4.69) is 158 Å².